The molecule has 0 aliphatic heterocycles. The van der Waals surface area contributed by atoms with E-state index in [1.807, 2.05) is 42.6 Å². The number of halogens is 3. The summed E-state index contributed by atoms with van der Waals surface area (Å²) in [7, 11) is 0. The Hall–Kier alpha value is -2.72. The van der Waals surface area contributed by atoms with Gasteiger partial charge in [0.05, 0.1) is 11.2 Å². The second-order valence-corrected chi connectivity index (χ2v) is 7.45. The predicted octanol–water partition coefficient (Wildman–Crippen LogP) is 6.31. The number of Topliss-reactive ketones (excluding diaryl/α,β-unsaturated/α-hetero) is 1. The molecule has 4 aromatic rings. The third-order valence-electron chi connectivity index (χ3n) is 4.61. The Bertz CT molecular complexity index is 1150. The van der Waals surface area contributed by atoms with Gasteiger partial charge in [0.1, 0.15) is 0 Å². The molecule has 0 aliphatic rings. The Kier molecular flexibility index (Phi) is 7.22. The fourth-order valence-corrected chi connectivity index (χ4v) is 3.59. The van der Waals surface area contributed by atoms with E-state index in [2.05, 4.69) is 29.2 Å². The third kappa shape index (κ3) is 5.06. The van der Waals surface area contributed by atoms with Gasteiger partial charge in [-0.1, -0.05) is 65.7 Å². The van der Waals surface area contributed by atoms with Crippen molar-refractivity contribution in [2.75, 3.05) is 0 Å². The number of carbonyl (C=O) groups excluding carboxylic acids is 1. The minimum absolute atomic E-state index is 0. The van der Waals surface area contributed by atoms with Gasteiger partial charge in [0.15, 0.2) is 12.2 Å². The smallest absolute Gasteiger partial charge is 0.287 e. The minimum atomic E-state index is -0.0987. The highest BCUT2D eigenvalue weighted by Gasteiger charge is 2.15. The maximum atomic E-state index is 12.5. The van der Waals surface area contributed by atoms with Gasteiger partial charge in [-0.3, -0.25) is 4.79 Å². The van der Waals surface area contributed by atoms with E-state index in [0.717, 1.165) is 16.8 Å². The highest BCUT2D eigenvalue weighted by molar-refractivity contribution is 6.36. The van der Waals surface area contributed by atoms with Crippen molar-refractivity contribution in [3.05, 3.63) is 107 Å². The van der Waals surface area contributed by atoms with Gasteiger partial charge in [-0.05, 0) is 46.4 Å². The third-order valence-corrected chi connectivity index (χ3v) is 5.16. The molecule has 4 rings (SSSR count). The molecule has 0 atom stereocenters. The molecule has 0 bridgehead atoms. The molecule has 1 aromatic heterocycles. The van der Waals surface area contributed by atoms with Crippen LogP contribution >= 0.6 is 35.6 Å². The van der Waals surface area contributed by atoms with Gasteiger partial charge in [0.25, 0.3) is 6.33 Å². The van der Waals surface area contributed by atoms with Crippen LogP contribution in [-0.2, 0) is 6.54 Å². The summed E-state index contributed by atoms with van der Waals surface area (Å²) in [5, 5.41) is 0.856. The van der Waals surface area contributed by atoms with Crippen LogP contribution in [0.15, 0.2) is 91.4 Å². The summed E-state index contributed by atoms with van der Waals surface area (Å²) in [5.41, 5.74) is 4.65. The van der Waals surface area contributed by atoms with Gasteiger partial charge in [0, 0.05) is 22.2 Å². The number of carbonyl (C=O) groups is 1. The van der Waals surface area contributed by atoms with Crippen LogP contribution in [0.2, 0.25) is 10.0 Å². The number of benzene rings is 3. The molecule has 0 spiro atoms. The van der Waals surface area contributed by atoms with Crippen LogP contribution in [0.1, 0.15) is 10.4 Å². The first-order chi connectivity index (χ1) is 14.1. The minimum Gasteiger partial charge on any atom is -0.290 e. The lowest BCUT2D eigenvalue weighted by Gasteiger charge is -2.04. The van der Waals surface area contributed by atoms with E-state index in [1.54, 1.807) is 29.1 Å². The van der Waals surface area contributed by atoms with Crippen LogP contribution in [0.25, 0.3) is 22.4 Å². The normalized spacial score (nSPS) is 10.3. The van der Waals surface area contributed by atoms with Crippen LogP contribution in [0.4, 0.5) is 0 Å². The average molecular weight is 457 g/mol. The Morgan fingerprint density at radius 1 is 0.833 bits per heavy atom. The first-order valence-electron chi connectivity index (χ1n) is 9.09. The van der Waals surface area contributed by atoms with Crippen molar-refractivity contribution in [1.82, 2.24) is 4.98 Å². The average Bonchev–Trinajstić information content (AvgIpc) is 2.75. The number of rotatable bonds is 5. The van der Waals surface area contributed by atoms with Crippen molar-refractivity contribution in [2.45, 2.75) is 6.54 Å². The van der Waals surface area contributed by atoms with E-state index >= 15 is 0 Å². The fourth-order valence-electron chi connectivity index (χ4n) is 3.08. The fraction of sp³-hybridized carbons (Fsp3) is 0.0417. The molecule has 0 saturated heterocycles. The van der Waals surface area contributed by atoms with Crippen molar-refractivity contribution >= 4 is 41.4 Å². The SMILES string of the molecule is Cl.O=C(C[n+]1ccc(-c2ccc(-c3ccccc3)cc2)nc1)c1ccc(Cl)cc1Cl. The lowest BCUT2D eigenvalue weighted by atomic mass is 10.0. The molecule has 0 aliphatic carbocycles. The maximum absolute atomic E-state index is 12.5. The summed E-state index contributed by atoms with van der Waals surface area (Å²) in [5.74, 6) is -0.0987. The van der Waals surface area contributed by atoms with Crippen LogP contribution in [0.5, 0.6) is 0 Å². The van der Waals surface area contributed by atoms with Gasteiger partial charge < -0.3 is 0 Å². The Morgan fingerprint density at radius 2 is 1.50 bits per heavy atom. The molecule has 0 N–H and O–H groups in total. The number of hydrogen-bond acceptors (Lipinski definition) is 2. The summed E-state index contributed by atoms with van der Waals surface area (Å²) in [6.45, 7) is 0.154. The lowest BCUT2D eigenvalue weighted by Crippen LogP contribution is -2.37. The van der Waals surface area contributed by atoms with Gasteiger partial charge in [0.2, 0.25) is 5.78 Å². The Balaban J connectivity index is 0.00000256. The molecular formula is C24H18Cl3N2O+. The molecule has 0 radical (unpaired) electrons. The van der Waals surface area contributed by atoms with Crippen molar-refractivity contribution < 1.29 is 9.36 Å². The standard InChI is InChI=1S/C24H17Cl2N2O.ClH/c25-20-10-11-21(22(26)14-20)24(29)15-28-13-12-23(27-16-28)19-8-6-18(7-9-19)17-4-2-1-3-5-17;/h1-14,16H,15H2;1H/q+1;. The molecule has 0 fully saturated rings. The molecule has 0 saturated carbocycles. The largest absolute Gasteiger partial charge is 0.290 e. The zero-order valence-corrected chi connectivity index (χ0v) is 18.2. The van der Waals surface area contributed by atoms with E-state index in [4.69, 9.17) is 23.2 Å². The molecule has 1 heterocycles. The summed E-state index contributed by atoms with van der Waals surface area (Å²) in [6.07, 6.45) is 3.50. The monoisotopic (exact) mass is 455 g/mol. The second kappa shape index (κ2) is 9.86. The molecule has 3 nitrogen and oxygen atoms in total. The number of nitrogens with zero attached hydrogens (tertiary/aromatic N) is 2. The highest BCUT2D eigenvalue weighted by atomic mass is 35.5. The van der Waals surface area contributed by atoms with Gasteiger partial charge >= 0.3 is 0 Å². The van der Waals surface area contributed by atoms with Crippen molar-refractivity contribution in [3.63, 3.8) is 0 Å². The van der Waals surface area contributed by atoms with E-state index in [-0.39, 0.29) is 24.7 Å². The molecular weight excluding hydrogens is 439 g/mol. The molecule has 6 heteroatoms. The van der Waals surface area contributed by atoms with E-state index in [1.165, 1.54) is 5.56 Å². The lowest BCUT2D eigenvalue weighted by molar-refractivity contribution is -0.686. The quantitative estimate of drug-likeness (QED) is 0.260. The molecule has 3 aromatic carbocycles. The van der Waals surface area contributed by atoms with E-state index in [0.29, 0.717) is 15.6 Å². The zero-order chi connectivity index (χ0) is 20.2. The number of ketones is 1. The molecule has 30 heavy (non-hydrogen) atoms. The molecule has 0 unspecified atom stereocenters. The predicted molar refractivity (Wildman–Crippen MR) is 123 cm³/mol. The number of hydrogen-bond donors (Lipinski definition) is 0. The van der Waals surface area contributed by atoms with Crippen LogP contribution in [0, 0.1) is 0 Å². The maximum Gasteiger partial charge on any atom is 0.287 e. The molecule has 0 amide bonds. The van der Waals surface area contributed by atoms with Crippen molar-refractivity contribution in [3.8, 4) is 22.4 Å². The second-order valence-electron chi connectivity index (χ2n) is 6.61. The van der Waals surface area contributed by atoms with Crippen molar-refractivity contribution in [2.24, 2.45) is 0 Å². The van der Waals surface area contributed by atoms with Crippen LogP contribution in [-0.4, -0.2) is 10.8 Å². The Morgan fingerprint density at radius 3 is 2.13 bits per heavy atom. The topological polar surface area (TPSA) is 33.8 Å². The first-order valence-corrected chi connectivity index (χ1v) is 9.85. The van der Waals surface area contributed by atoms with E-state index in [9.17, 15) is 4.79 Å². The van der Waals surface area contributed by atoms with Gasteiger partial charge in [-0.15, -0.1) is 12.4 Å². The summed E-state index contributed by atoms with van der Waals surface area (Å²) in [6, 6.07) is 25.3. The highest BCUT2D eigenvalue weighted by Crippen LogP contribution is 2.23. The van der Waals surface area contributed by atoms with Gasteiger partial charge in [-0.2, -0.15) is 0 Å². The Labute approximate surface area is 191 Å². The van der Waals surface area contributed by atoms with Crippen LogP contribution in [0.3, 0.4) is 0 Å². The molecule has 150 valence electrons. The summed E-state index contributed by atoms with van der Waals surface area (Å²) < 4.78 is 1.73. The van der Waals surface area contributed by atoms with Crippen LogP contribution < -0.4 is 4.57 Å². The van der Waals surface area contributed by atoms with Gasteiger partial charge in [-0.25, -0.2) is 4.57 Å². The summed E-state index contributed by atoms with van der Waals surface area (Å²) >= 11 is 12.0. The van der Waals surface area contributed by atoms with Crippen molar-refractivity contribution in [1.29, 1.82) is 0 Å². The van der Waals surface area contributed by atoms with E-state index < -0.39 is 0 Å². The number of aromatic nitrogens is 2. The first kappa shape index (κ1) is 22.0. The zero-order valence-electron chi connectivity index (χ0n) is 15.8. The summed E-state index contributed by atoms with van der Waals surface area (Å²) in [4.78, 5) is 17.0.